The molecule has 1 aliphatic rings. The Bertz CT molecular complexity index is 449. The van der Waals surface area contributed by atoms with Crippen molar-refractivity contribution < 1.29 is 9.53 Å². The van der Waals surface area contributed by atoms with Gasteiger partial charge in [0.05, 0.1) is 5.69 Å². The molecule has 1 amide bonds. The van der Waals surface area contributed by atoms with E-state index in [-0.39, 0.29) is 18.2 Å². The standard InChI is InChI=1S/C15H26N4O2/c1-10(12-7-8-17-19-12)16-9-13(11-5-6-11)18-14(20)21-15(2,3)4/h7-8,10-11,13,16H,5-6,9H2,1-4H3,(H,17,19)(H,18,20). The summed E-state index contributed by atoms with van der Waals surface area (Å²) in [5, 5.41) is 13.3. The maximum Gasteiger partial charge on any atom is 0.407 e. The Balaban J connectivity index is 1.81. The second-order valence-corrected chi connectivity index (χ2v) is 6.73. The second-order valence-electron chi connectivity index (χ2n) is 6.73. The molecule has 21 heavy (non-hydrogen) atoms. The summed E-state index contributed by atoms with van der Waals surface area (Å²) in [4.78, 5) is 11.9. The van der Waals surface area contributed by atoms with Gasteiger partial charge < -0.3 is 15.4 Å². The molecule has 1 fully saturated rings. The molecule has 1 heterocycles. The smallest absolute Gasteiger partial charge is 0.407 e. The van der Waals surface area contributed by atoms with E-state index in [1.54, 1.807) is 6.20 Å². The summed E-state index contributed by atoms with van der Waals surface area (Å²) in [5.74, 6) is 0.555. The van der Waals surface area contributed by atoms with Crippen molar-refractivity contribution in [3.05, 3.63) is 18.0 Å². The molecule has 2 rings (SSSR count). The Morgan fingerprint density at radius 1 is 1.52 bits per heavy atom. The van der Waals surface area contributed by atoms with Crippen LogP contribution in [0.2, 0.25) is 0 Å². The highest BCUT2D eigenvalue weighted by molar-refractivity contribution is 5.68. The lowest BCUT2D eigenvalue weighted by molar-refractivity contribution is 0.0497. The van der Waals surface area contributed by atoms with Crippen molar-refractivity contribution >= 4 is 6.09 Å². The fourth-order valence-corrected chi connectivity index (χ4v) is 2.21. The van der Waals surface area contributed by atoms with Gasteiger partial charge in [0.1, 0.15) is 5.60 Å². The summed E-state index contributed by atoms with van der Waals surface area (Å²) in [5.41, 5.74) is 0.580. The van der Waals surface area contributed by atoms with E-state index in [9.17, 15) is 4.79 Å². The largest absolute Gasteiger partial charge is 0.444 e. The fraction of sp³-hybridized carbons (Fsp3) is 0.733. The summed E-state index contributed by atoms with van der Waals surface area (Å²) < 4.78 is 5.33. The van der Waals surface area contributed by atoms with Crippen LogP contribution in [-0.4, -0.2) is 34.5 Å². The van der Waals surface area contributed by atoms with Crippen LogP contribution in [0, 0.1) is 5.92 Å². The van der Waals surface area contributed by atoms with Gasteiger partial charge in [-0.2, -0.15) is 5.10 Å². The van der Waals surface area contributed by atoms with E-state index in [0.717, 1.165) is 12.2 Å². The van der Waals surface area contributed by atoms with Crippen molar-refractivity contribution in [1.82, 2.24) is 20.8 Å². The van der Waals surface area contributed by atoms with Gasteiger partial charge in [0.15, 0.2) is 0 Å². The zero-order valence-electron chi connectivity index (χ0n) is 13.3. The minimum atomic E-state index is -0.463. The van der Waals surface area contributed by atoms with E-state index in [4.69, 9.17) is 4.74 Å². The Hall–Kier alpha value is -1.56. The minimum Gasteiger partial charge on any atom is -0.444 e. The quantitative estimate of drug-likeness (QED) is 0.752. The maximum absolute atomic E-state index is 11.9. The number of ether oxygens (including phenoxy) is 1. The van der Waals surface area contributed by atoms with Crippen LogP contribution in [0.25, 0.3) is 0 Å². The number of hydrogen-bond acceptors (Lipinski definition) is 4. The molecule has 0 saturated heterocycles. The summed E-state index contributed by atoms with van der Waals surface area (Å²) in [6.45, 7) is 8.42. The predicted octanol–water partition coefficient (Wildman–Crippen LogP) is 2.36. The molecule has 0 bridgehead atoms. The normalized spacial score (nSPS) is 18.1. The lowest BCUT2D eigenvalue weighted by Gasteiger charge is -2.24. The molecule has 1 aromatic heterocycles. The molecule has 6 heteroatoms. The number of nitrogens with zero attached hydrogens (tertiary/aromatic N) is 1. The number of nitrogens with one attached hydrogen (secondary N) is 3. The van der Waals surface area contributed by atoms with Gasteiger partial charge in [-0.25, -0.2) is 4.79 Å². The number of hydrogen-bond donors (Lipinski definition) is 3. The number of amides is 1. The molecule has 0 spiro atoms. The van der Waals surface area contributed by atoms with Gasteiger partial charge in [-0.3, -0.25) is 5.10 Å². The molecular weight excluding hydrogens is 268 g/mol. The molecule has 1 saturated carbocycles. The Morgan fingerprint density at radius 2 is 2.24 bits per heavy atom. The van der Waals surface area contributed by atoms with E-state index in [1.807, 2.05) is 26.8 Å². The molecule has 0 radical (unpaired) electrons. The zero-order chi connectivity index (χ0) is 15.5. The fourth-order valence-electron chi connectivity index (χ4n) is 2.21. The van der Waals surface area contributed by atoms with Gasteiger partial charge in [0, 0.05) is 24.8 Å². The molecule has 2 unspecified atom stereocenters. The molecule has 1 aliphatic carbocycles. The van der Waals surface area contributed by atoms with E-state index in [2.05, 4.69) is 27.8 Å². The SMILES string of the molecule is CC(NCC(NC(=O)OC(C)(C)C)C1CC1)c1ccn[nH]1. The second kappa shape index (κ2) is 6.47. The van der Waals surface area contributed by atoms with Crippen LogP contribution < -0.4 is 10.6 Å². The summed E-state index contributed by atoms with van der Waals surface area (Å²) in [7, 11) is 0. The number of aromatic amines is 1. The predicted molar refractivity (Wildman–Crippen MR) is 80.9 cm³/mol. The van der Waals surface area contributed by atoms with Crippen LogP contribution in [-0.2, 0) is 4.74 Å². The highest BCUT2D eigenvalue weighted by Gasteiger charge is 2.33. The highest BCUT2D eigenvalue weighted by atomic mass is 16.6. The molecule has 6 nitrogen and oxygen atoms in total. The Labute approximate surface area is 126 Å². The van der Waals surface area contributed by atoms with Crippen LogP contribution in [0.3, 0.4) is 0 Å². The van der Waals surface area contributed by atoms with Gasteiger partial charge in [-0.05, 0) is 52.5 Å². The van der Waals surface area contributed by atoms with E-state index >= 15 is 0 Å². The van der Waals surface area contributed by atoms with Crippen LogP contribution in [0.1, 0.15) is 52.3 Å². The van der Waals surface area contributed by atoms with Crippen LogP contribution in [0.5, 0.6) is 0 Å². The third-order valence-electron chi connectivity index (χ3n) is 3.53. The van der Waals surface area contributed by atoms with E-state index in [1.165, 1.54) is 12.8 Å². The number of carbonyl (C=O) groups is 1. The minimum absolute atomic E-state index is 0.116. The lowest BCUT2D eigenvalue weighted by atomic mass is 10.1. The Kier molecular flexibility index (Phi) is 4.88. The van der Waals surface area contributed by atoms with Gasteiger partial charge in [-0.1, -0.05) is 0 Å². The lowest BCUT2D eigenvalue weighted by Crippen LogP contribution is -2.46. The summed E-state index contributed by atoms with van der Waals surface area (Å²) in [6.07, 6.45) is 3.74. The summed E-state index contributed by atoms with van der Waals surface area (Å²) in [6, 6.07) is 2.24. The van der Waals surface area contributed by atoms with Gasteiger partial charge in [0.2, 0.25) is 0 Å². The number of aromatic nitrogens is 2. The summed E-state index contributed by atoms with van der Waals surface area (Å²) >= 11 is 0. The number of rotatable bonds is 6. The number of carbonyl (C=O) groups excluding carboxylic acids is 1. The molecule has 2 atom stereocenters. The Morgan fingerprint density at radius 3 is 2.76 bits per heavy atom. The van der Waals surface area contributed by atoms with Crippen molar-refractivity contribution in [2.45, 2.75) is 58.2 Å². The van der Waals surface area contributed by atoms with Gasteiger partial charge in [0.25, 0.3) is 0 Å². The van der Waals surface area contributed by atoms with Crippen molar-refractivity contribution in [1.29, 1.82) is 0 Å². The first-order valence-electron chi connectivity index (χ1n) is 7.57. The third kappa shape index (κ3) is 5.38. The van der Waals surface area contributed by atoms with E-state index < -0.39 is 5.60 Å². The molecule has 118 valence electrons. The monoisotopic (exact) mass is 294 g/mol. The molecule has 1 aromatic rings. The number of alkyl carbamates (subject to hydrolysis) is 1. The average Bonchev–Trinajstić information content (AvgIpc) is 3.06. The van der Waals surface area contributed by atoms with Crippen LogP contribution >= 0.6 is 0 Å². The first-order chi connectivity index (χ1) is 9.85. The van der Waals surface area contributed by atoms with Crippen LogP contribution in [0.4, 0.5) is 4.79 Å². The van der Waals surface area contributed by atoms with Gasteiger partial charge >= 0.3 is 6.09 Å². The van der Waals surface area contributed by atoms with Crippen molar-refractivity contribution in [2.75, 3.05) is 6.54 Å². The zero-order valence-corrected chi connectivity index (χ0v) is 13.3. The molecular formula is C15H26N4O2. The average molecular weight is 294 g/mol. The van der Waals surface area contributed by atoms with Crippen molar-refractivity contribution in [3.63, 3.8) is 0 Å². The third-order valence-corrected chi connectivity index (χ3v) is 3.53. The van der Waals surface area contributed by atoms with Crippen LogP contribution in [0.15, 0.2) is 12.3 Å². The topological polar surface area (TPSA) is 79.0 Å². The highest BCUT2D eigenvalue weighted by Crippen LogP contribution is 2.32. The first kappa shape index (κ1) is 15.8. The first-order valence-corrected chi connectivity index (χ1v) is 7.57. The van der Waals surface area contributed by atoms with Crippen molar-refractivity contribution in [2.24, 2.45) is 5.92 Å². The maximum atomic E-state index is 11.9. The number of H-pyrrole nitrogens is 1. The molecule has 3 N–H and O–H groups in total. The van der Waals surface area contributed by atoms with E-state index in [0.29, 0.717) is 5.92 Å². The van der Waals surface area contributed by atoms with Gasteiger partial charge in [-0.15, -0.1) is 0 Å². The molecule has 0 aromatic carbocycles. The van der Waals surface area contributed by atoms with Crippen molar-refractivity contribution in [3.8, 4) is 0 Å². The molecule has 0 aliphatic heterocycles.